The zero-order valence-electron chi connectivity index (χ0n) is 11.7. The van der Waals surface area contributed by atoms with Gasteiger partial charge in [0, 0.05) is 11.6 Å². The number of allylic oxidation sites excluding steroid dienone is 2. The van der Waals surface area contributed by atoms with Gasteiger partial charge in [0.1, 0.15) is 11.4 Å². The molecule has 2 aliphatic rings. The van der Waals surface area contributed by atoms with Crippen LogP contribution < -0.4 is 5.32 Å². The van der Waals surface area contributed by atoms with Crippen LogP contribution in [0.5, 0.6) is 0 Å². The number of amidine groups is 1. The van der Waals surface area contributed by atoms with E-state index in [1.807, 2.05) is 18.4 Å². The van der Waals surface area contributed by atoms with Crippen molar-refractivity contribution in [2.24, 2.45) is 4.99 Å². The van der Waals surface area contributed by atoms with E-state index in [0.717, 1.165) is 5.69 Å². The lowest BCUT2D eigenvalue weighted by Gasteiger charge is -2.41. The van der Waals surface area contributed by atoms with Gasteiger partial charge in [0.05, 0.1) is 12.1 Å². The second kappa shape index (κ2) is 4.92. The molecule has 0 aromatic carbocycles. The first-order valence-electron chi connectivity index (χ1n) is 6.48. The molecule has 3 rings (SSSR count). The van der Waals surface area contributed by atoms with Gasteiger partial charge in [-0.25, -0.2) is 4.98 Å². The molecular weight excluding hydrogens is 288 g/mol. The Morgan fingerprint density at radius 1 is 1.48 bits per heavy atom. The molecular formula is C14H14N4O2S. The fourth-order valence-electron chi connectivity index (χ4n) is 2.32. The van der Waals surface area contributed by atoms with Crippen molar-refractivity contribution < 1.29 is 9.59 Å². The van der Waals surface area contributed by atoms with Gasteiger partial charge < -0.3 is 4.90 Å². The SMILES string of the molecule is Cc1csc(NC(=O)C2(C)CC(=O)N=C3C=CC=CN32)n1. The summed E-state index contributed by atoms with van der Waals surface area (Å²) in [5.41, 5.74) is -0.155. The van der Waals surface area contributed by atoms with Crippen molar-refractivity contribution in [3.05, 3.63) is 35.5 Å². The number of nitrogens with zero attached hydrogens (tertiary/aromatic N) is 3. The molecule has 1 aromatic rings. The molecule has 2 aliphatic heterocycles. The van der Waals surface area contributed by atoms with Crippen molar-refractivity contribution in [1.82, 2.24) is 9.88 Å². The first-order chi connectivity index (χ1) is 9.99. The molecule has 0 saturated heterocycles. The highest BCUT2D eigenvalue weighted by Gasteiger charge is 2.45. The number of hydrogen-bond donors (Lipinski definition) is 1. The van der Waals surface area contributed by atoms with Crippen LogP contribution in [0.2, 0.25) is 0 Å². The summed E-state index contributed by atoms with van der Waals surface area (Å²) in [6, 6.07) is 0. The Morgan fingerprint density at radius 2 is 2.29 bits per heavy atom. The van der Waals surface area contributed by atoms with Gasteiger partial charge in [-0.1, -0.05) is 6.08 Å². The molecule has 0 aliphatic carbocycles. The number of carbonyl (C=O) groups excluding carboxylic acids is 2. The van der Waals surface area contributed by atoms with E-state index >= 15 is 0 Å². The van der Waals surface area contributed by atoms with E-state index in [2.05, 4.69) is 15.3 Å². The molecule has 7 heteroatoms. The van der Waals surface area contributed by atoms with Crippen LogP contribution >= 0.6 is 11.3 Å². The van der Waals surface area contributed by atoms with Gasteiger partial charge in [-0.05, 0) is 26.0 Å². The van der Waals surface area contributed by atoms with Crippen molar-refractivity contribution >= 4 is 34.1 Å². The van der Waals surface area contributed by atoms with Crippen molar-refractivity contribution in [2.45, 2.75) is 25.8 Å². The van der Waals surface area contributed by atoms with Crippen LogP contribution in [0.25, 0.3) is 0 Å². The van der Waals surface area contributed by atoms with Crippen LogP contribution in [0.4, 0.5) is 5.13 Å². The maximum absolute atomic E-state index is 12.6. The van der Waals surface area contributed by atoms with Gasteiger partial charge in [-0.3, -0.25) is 14.9 Å². The van der Waals surface area contributed by atoms with Crippen molar-refractivity contribution in [3.63, 3.8) is 0 Å². The van der Waals surface area contributed by atoms with Crippen molar-refractivity contribution in [3.8, 4) is 0 Å². The number of amides is 2. The Kier molecular flexibility index (Phi) is 3.21. The third-order valence-corrected chi connectivity index (χ3v) is 4.31. The number of aromatic nitrogens is 1. The lowest BCUT2D eigenvalue weighted by atomic mass is 9.91. The van der Waals surface area contributed by atoms with Crippen LogP contribution in [-0.4, -0.2) is 33.1 Å². The first kappa shape index (κ1) is 13.7. The summed E-state index contributed by atoms with van der Waals surface area (Å²) in [5, 5.41) is 5.18. The van der Waals surface area contributed by atoms with E-state index in [-0.39, 0.29) is 18.2 Å². The lowest BCUT2D eigenvalue weighted by Crippen LogP contribution is -2.58. The van der Waals surface area contributed by atoms with E-state index in [0.29, 0.717) is 11.0 Å². The molecule has 0 spiro atoms. The molecule has 0 bridgehead atoms. The standard InChI is InChI=1S/C14H14N4O2S/c1-9-8-21-13(15-9)17-12(20)14(2)7-11(19)16-10-5-3-4-6-18(10)14/h3-6,8H,7H2,1-2H3,(H,15,17,20). The minimum absolute atomic E-state index is 0.0326. The summed E-state index contributed by atoms with van der Waals surface area (Å²) in [7, 11) is 0. The topological polar surface area (TPSA) is 74.7 Å². The molecule has 0 radical (unpaired) electrons. The number of thiazole rings is 1. The molecule has 108 valence electrons. The first-order valence-corrected chi connectivity index (χ1v) is 7.36. The number of carbonyl (C=O) groups is 2. The fourth-order valence-corrected chi connectivity index (χ4v) is 3.01. The number of anilines is 1. The number of rotatable bonds is 2. The summed E-state index contributed by atoms with van der Waals surface area (Å²) in [6.07, 6.45) is 7.11. The number of aryl methyl sites for hydroxylation is 1. The third kappa shape index (κ3) is 2.40. The van der Waals surface area contributed by atoms with E-state index in [1.165, 1.54) is 11.3 Å². The Bertz CT molecular complexity index is 704. The van der Waals surface area contributed by atoms with Gasteiger partial charge in [0.2, 0.25) is 0 Å². The van der Waals surface area contributed by atoms with Gasteiger partial charge in [0.25, 0.3) is 11.8 Å². The molecule has 1 atom stereocenters. The Morgan fingerprint density at radius 3 is 3.00 bits per heavy atom. The smallest absolute Gasteiger partial charge is 0.252 e. The Labute approximate surface area is 125 Å². The second-order valence-corrected chi connectivity index (χ2v) is 5.99. The highest BCUT2D eigenvalue weighted by atomic mass is 32.1. The Hall–Kier alpha value is -2.28. The summed E-state index contributed by atoms with van der Waals surface area (Å²) in [4.78, 5) is 34.4. The van der Waals surface area contributed by atoms with E-state index in [1.54, 1.807) is 30.2 Å². The average molecular weight is 302 g/mol. The Balaban J connectivity index is 1.90. The number of aliphatic imine (C=N–C) groups is 1. The molecule has 2 amide bonds. The van der Waals surface area contributed by atoms with Gasteiger partial charge >= 0.3 is 0 Å². The molecule has 0 fully saturated rings. The van der Waals surface area contributed by atoms with Crippen LogP contribution in [0, 0.1) is 6.92 Å². The molecule has 1 aromatic heterocycles. The number of fused-ring (bicyclic) bond motifs is 1. The minimum atomic E-state index is -1.00. The highest BCUT2D eigenvalue weighted by Crippen LogP contribution is 2.29. The maximum Gasteiger partial charge on any atom is 0.252 e. The summed E-state index contributed by atoms with van der Waals surface area (Å²) < 4.78 is 0. The summed E-state index contributed by atoms with van der Waals surface area (Å²) >= 11 is 1.36. The molecule has 1 N–H and O–H groups in total. The third-order valence-electron chi connectivity index (χ3n) is 3.43. The predicted molar refractivity (Wildman–Crippen MR) is 81.1 cm³/mol. The van der Waals surface area contributed by atoms with Crippen LogP contribution in [0.3, 0.4) is 0 Å². The lowest BCUT2D eigenvalue weighted by molar-refractivity contribution is -0.130. The van der Waals surface area contributed by atoms with Gasteiger partial charge in [0.15, 0.2) is 5.13 Å². The molecule has 21 heavy (non-hydrogen) atoms. The minimum Gasteiger partial charge on any atom is -0.317 e. The summed E-state index contributed by atoms with van der Waals surface area (Å²) in [6.45, 7) is 3.60. The molecule has 3 heterocycles. The molecule has 0 saturated carbocycles. The highest BCUT2D eigenvalue weighted by molar-refractivity contribution is 7.13. The molecule has 1 unspecified atom stereocenters. The van der Waals surface area contributed by atoms with E-state index < -0.39 is 5.54 Å². The van der Waals surface area contributed by atoms with Crippen LogP contribution in [-0.2, 0) is 9.59 Å². The van der Waals surface area contributed by atoms with Crippen molar-refractivity contribution in [2.75, 3.05) is 5.32 Å². The van der Waals surface area contributed by atoms with Crippen molar-refractivity contribution in [1.29, 1.82) is 0 Å². The predicted octanol–water partition coefficient (Wildman–Crippen LogP) is 1.86. The van der Waals surface area contributed by atoms with Crippen LogP contribution in [0.1, 0.15) is 19.0 Å². The van der Waals surface area contributed by atoms with Gasteiger partial charge in [-0.2, -0.15) is 4.99 Å². The quantitative estimate of drug-likeness (QED) is 0.905. The monoisotopic (exact) mass is 302 g/mol. The molecule has 6 nitrogen and oxygen atoms in total. The maximum atomic E-state index is 12.6. The average Bonchev–Trinajstić information content (AvgIpc) is 2.84. The zero-order chi connectivity index (χ0) is 15.0. The number of hydrogen-bond acceptors (Lipinski definition) is 5. The fraction of sp³-hybridized carbons (Fsp3) is 0.286. The van der Waals surface area contributed by atoms with Gasteiger partial charge in [-0.15, -0.1) is 11.3 Å². The van der Waals surface area contributed by atoms with E-state index in [4.69, 9.17) is 0 Å². The van der Waals surface area contributed by atoms with Crippen LogP contribution in [0.15, 0.2) is 34.8 Å². The zero-order valence-corrected chi connectivity index (χ0v) is 12.5. The largest absolute Gasteiger partial charge is 0.317 e. The number of nitrogens with one attached hydrogen (secondary N) is 1. The van der Waals surface area contributed by atoms with E-state index in [9.17, 15) is 9.59 Å². The second-order valence-electron chi connectivity index (χ2n) is 5.13. The summed E-state index contributed by atoms with van der Waals surface area (Å²) in [5.74, 6) is -0.0755. The normalized spacial score (nSPS) is 23.8.